The number of nitrogens with zero attached hydrogens (tertiary/aromatic N) is 4. The van der Waals surface area contributed by atoms with Crippen LogP contribution in [0.2, 0.25) is 0 Å². The Morgan fingerprint density at radius 1 is 0.267 bits per heavy atom. The van der Waals surface area contributed by atoms with Gasteiger partial charge in [-0.15, -0.1) is 0 Å². The van der Waals surface area contributed by atoms with Crippen molar-refractivity contribution in [3.63, 3.8) is 0 Å². The first kappa shape index (κ1) is 34.8. The zero-order valence-electron chi connectivity index (χ0n) is 32.4. The third-order valence-corrected chi connectivity index (χ3v) is 11.8. The number of benzene rings is 9. The molecule has 0 amide bonds. The van der Waals surface area contributed by atoms with Gasteiger partial charge in [0.2, 0.25) is 0 Å². The number of hydrogen-bond donors (Lipinski definition) is 0. The molecule has 60 heavy (non-hydrogen) atoms. The summed E-state index contributed by atoms with van der Waals surface area (Å²) in [5, 5.41) is 27.7. The van der Waals surface area contributed by atoms with Gasteiger partial charge in [-0.2, -0.15) is 10.5 Å². The van der Waals surface area contributed by atoms with Gasteiger partial charge in [0.1, 0.15) is 12.1 Å². The highest BCUT2D eigenvalue weighted by molar-refractivity contribution is 6.13. The van der Waals surface area contributed by atoms with E-state index in [-0.39, 0.29) is 0 Å². The highest BCUT2D eigenvalue weighted by Gasteiger charge is 2.31. The number of para-hydroxylation sites is 4. The average Bonchev–Trinajstić information content (AvgIpc) is 3.84. The lowest BCUT2D eigenvalue weighted by Crippen LogP contribution is -2.11. The Morgan fingerprint density at radius 2 is 0.533 bits per heavy atom. The van der Waals surface area contributed by atoms with Crippen LogP contribution < -0.4 is 0 Å². The maximum atomic E-state index is 11.7. The van der Waals surface area contributed by atoms with E-state index in [1.165, 1.54) is 0 Å². The normalized spacial score (nSPS) is 11.3. The van der Waals surface area contributed by atoms with E-state index in [0.717, 1.165) is 93.9 Å². The van der Waals surface area contributed by atoms with Crippen molar-refractivity contribution < 1.29 is 0 Å². The number of aromatic nitrogens is 2. The average molecular weight is 763 g/mol. The quantitative estimate of drug-likeness (QED) is 0.169. The fourth-order valence-electron chi connectivity index (χ4n) is 9.20. The van der Waals surface area contributed by atoms with Gasteiger partial charge in [-0.25, -0.2) is 0 Å². The summed E-state index contributed by atoms with van der Waals surface area (Å²) in [4.78, 5) is 0. The minimum absolute atomic E-state index is 0.428. The first-order valence-corrected chi connectivity index (χ1v) is 20.1. The molecule has 0 unspecified atom stereocenters. The van der Waals surface area contributed by atoms with Crippen LogP contribution in [0.25, 0.3) is 99.5 Å². The molecule has 0 radical (unpaired) electrons. The number of nitriles is 2. The lowest BCUT2D eigenvalue weighted by atomic mass is 9.85. The van der Waals surface area contributed by atoms with Gasteiger partial charge >= 0.3 is 0 Å². The second kappa shape index (κ2) is 14.2. The smallest absolute Gasteiger partial charge is 0.102 e. The van der Waals surface area contributed by atoms with Crippen molar-refractivity contribution in [1.82, 2.24) is 9.13 Å². The topological polar surface area (TPSA) is 57.4 Å². The molecule has 278 valence electrons. The molecule has 9 aromatic carbocycles. The fourth-order valence-corrected chi connectivity index (χ4v) is 9.20. The van der Waals surface area contributed by atoms with Crippen LogP contribution in [0.3, 0.4) is 0 Å². The van der Waals surface area contributed by atoms with E-state index < -0.39 is 0 Å². The van der Waals surface area contributed by atoms with E-state index in [4.69, 9.17) is 0 Å². The Labute approximate surface area is 347 Å². The molecule has 0 atom stereocenters. The van der Waals surface area contributed by atoms with E-state index in [1.807, 2.05) is 36.4 Å². The molecule has 4 heteroatoms. The minimum Gasteiger partial charge on any atom is -0.307 e. The molecule has 0 bridgehead atoms. The third-order valence-electron chi connectivity index (χ3n) is 11.8. The molecule has 0 aliphatic heterocycles. The first-order valence-electron chi connectivity index (χ1n) is 20.1. The summed E-state index contributed by atoms with van der Waals surface area (Å²) in [7, 11) is 0. The molecule has 0 N–H and O–H groups in total. The molecular weight excluding hydrogens is 729 g/mol. The van der Waals surface area contributed by atoms with Crippen LogP contribution in [-0.2, 0) is 0 Å². The zero-order chi connectivity index (χ0) is 40.2. The number of rotatable bonds is 6. The maximum absolute atomic E-state index is 11.7. The van der Waals surface area contributed by atoms with E-state index >= 15 is 0 Å². The molecule has 0 fully saturated rings. The molecule has 0 aliphatic carbocycles. The Bertz CT molecular complexity index is 3260. The van der Waals surface area contributed by atoms with Gasteiger partial charge in [0.15, 0.2) is 0 Å². The van der Waals surface area contributed by atoms with Gasteiger partial charge in [-0.3, -0.25) is 0 Å². The highest BCUT2D eigenvalue weighted by Crippen LogP contribution is 2.49. The molecule has 4 nitrogen and oxygen atoms in total. The largest absolute Gasteiger partial charge is 0.307 e. The third kappa shape index (κ3) is 5.37. The molecule has 0 saturated carbocycles. The van der Waals surface area contributed by atoms with Crippen LogP contribution in [0.1, 0.15) is 11.1 Å². The predicted octanol–water partition coefficient (Wildman–Crippen LogP) is 14.3. The summed E-state index contributed by atoms with van der Waals surface area (Å²) in [5.74, 6) is 0. The van der Waals surface area contributed by atoms with Crippen molar-refractivity contribution in [2.24, 2.45) is 0 Å². The Morgan fingerprint density at radius 3 is 0.867 bits per heavy atom. The molecule has 11 aromatic rings. The van der Waals surface area contributed by atoms with Gasteiger partial charge in [0, 0.05) is 32.7 Å². The van der Waals surface area contributed by atoms with Gasteiger partial charge in [-0.1, -0.05) is 182 Å². The van der Waals surface area contributed by atoms with Crippen molar-refractivity contribution in [3.8, 4) is 68.0 Å². The monoisotopic (exact) mass is 762 g/mol. The van der Waals surface area contributed by atoms with Crippen LogP contribution in [0, 0.1) is 22.7 Å². The van der Waals surface area contributed by atoms with Gasteiger partial charge in [0.25, 0.3) is 0 Å². The second-order valence-electron chi connectivity index (χ2n) is 15.0. The second-order valence-corrected chi connectivity index (χ2v) is 15.0. The lowest BCUT2D eigenvalue weighted by Gasteiger charge is -2.25. The van der Waals surface area contributed by atoms with Crippen LogP contribution in [0.4, 0.5) is 0 Å². The summed E-state index contributed by atoms with van der Waals surface area (Å²) < 4.78 is 4.51. The molecule has 2 heterocycles. The van der Waals surface area contributed by atoms with Crippen LogP contribution in [0.15, 0.2) is 206 Å². The molecule has 11 rings (SSSR count). The van der Waals surface area contributed by atoms with Crippen molar-refractivity contribution in [1.29, 1.82) is 10.5 Å². The van der Waals surface area contributed by atoms with E-state index in [9.17, 15) is 10.5 Å². The molecule has 0 spiro atoms. The first-order chi connectivity index (χ1) is 29.7. The maximum Gasteiger partial charge on any atom is 0.102 e. The summed E-state index contributed by atoms with van der Waals surface area (Å²) >= 11 is 0. The standard InChI is InChI=1S/C56H34N4/c57-35-47-53(41-31-27-39(28-32-41)37-15-3-1-4-16-37)48(36-58)56(60-51-25-13-9-21-45(51)46-22-10-14-26-52(46)60)54(42-33-29-40(30-34-42)38-17-5-2-6-18-38)55(47)59-49-23-11-7-19-43(49)44-20-8-12-24-50(44)59/h1-34H. The zero-order valence-corrected chi connectivity index (χ0v) is 32.4. The molecule has 0 aliphatic rings. The van der Waals surface area contributed by atoms with Crippen molar-refractivity contribution in [2.75, 3.05) is 0 Å². The van der Waals surface area contributed by atoms with E-state index in [1.54, 1.807) is 0 Å². The molecule has 0 saturated heterocycles. The highest BCUT2D eigenvalue weighted by atomic mass is 15.0. The number of hydrogen-bond acceptors (Lipinski definition) is 2. The Balaban J connectivity index is 1.36. The molecule has 2 aromatic heterocycles. The summed E-state index contributed by atoms with van der Waals surface area (Å²) in [6.45, 7) is 0. The SMILES string of the molecule is N#Cc1c(-c2ccc(-c3ccccc3)cc2)c(C#N)c(-n2c3ccccc3c3ccccc32)c(-c2ccc(-c3ccccc3)cc2)c1-n1c2ccccc2c2ccccc21. The lowest BCUT2D eigenvalue weighted by molar-refractivity contribution is 1.12. The van der Waals surface area contributed by atoms with E-state index in [2.05, 4.69) is 191 Å². The van der Waals surface area contributed by atoms with E-state index in [0.29, 0.717) is 16.7 Å². The van der Waals surface area contributed by atoms with Gasteiger partial charge < -0.3 is 9.13 Å². The van der Waals surface area contributed by atoms with Crippen molar-refractivity contribution >= 4 is 43.6 Å². The van der Waals surface area contributed by atoms with Gasteiger partial charge in [0.05, 0.1) is 44.6 Å². The summed E-state index contributed by atoms with van der Waals surface area (Å²) in [6.07, 6.45) is 0. The van der Waals surface area contributed by atoms with Gasteiger partial charge in [-0.05, 0) is 57.6 Å². The van der Waals surface area contributed by atoms with Crippen molar-refractivity contribution in [3.05, 3.63) is 217 Å². The predicted molar refractivity (Wildman–Crippen MR) is 246 cm³/mol. The summed E-state index contributed by atoms with van der Waals surface area (Å²) in [5.41, 5.74) is 13.6. The number of fused-ring (bicyclic) bond motifs is 6. The minimum atomic E-state index is 0.428. The molecular formula is C56H34N4. The Kier molecular flexibility index (Phi) is 8.22. The summed E-state index contributed by atoms with van der Waals surface area (Å²) in [6, 6.07) is 76.5. The van der Waals surface area contributed by atoms with Crippen LogP contribution in [0.5, 0.6) is 0 Å². The van der Waals surface area contributed by atoms with Crippen LogP contribution >= 0.6 is 0 Å². The van der Waals surface area contributed by atoms with Crippen molar-refractivity contribution in [2.45, 2.75) is 0 Å². The Hall–Kier alpha value is -8.44. The fraction of sp³-hybridized carbons (Fsp3) is 0. The van der Waals surface area contributed by atoms with Crippen LogP contribution in [-0.4, -0.2) is 9.13 Å².